The molecule has 1 aliphatic heterocycles. The number of piperazine rings is 1. The lowest BCUT2D eigenvalue weighted by molar-refractivity contribution is 0.0570. The minimum Gasteiger partial charge on any atom is -0.336 e. The van der Waals surface area contributed by atoms with Crippen molar-refractivity contribution < 1.29 is 4.79 Å². The summed E-state index contributed by atoms with van der Waals surface area (Å²) >= 11 is 1.69. The molecule has 2 aromatic heterocycles. The van der Waals surface area contributed by atoms with Gasteiger partial charge in [0.05, 0.1) is 11.3 Å². The van der Waals surface area contributed by atoms with Crippen LogP contribution in [0.15, 0.2) is 59.8 Å². The number of amides is 1. The van der Waals surface area contributed by atoms with Gasteiger partial charge in [-0.3, -0.25) is 9.69 Å². The van der Waals surface area contributed by atoms with Crippen LogP contribution in [0.25, 0.3) is 5.65 Å². The Morgan fingerprint density at radius 2 is 1.77 bits per heavy atom. The molecular formula is C24H28N4OS. The fourth-order valence-corrected chi connectivity index (χ4v) is 5.64. The summed E-state index contributed by atoms with van der Waals surface area (Å²) in [5, 5.41) is 0. The standard InChI is InChI=1S/C24H28N4OS/c29-24(27-15-13-26(14-16-27)20-7-1-2-8-20)21-9-3-4-10-22(21)30-18-19-17-28-12-6-5-11-23(28)25-19/h3-6,9-12,17,20H,1-2,7-8,13-16,18H2. The number of aromatic nitrogens is 2. The lowest BCUT2D eigenvalue weighted by atomic mass is 10.1. The molecule has 3 heterocycles. The maximum Gasteiger partial charge on any atom is 0.255 e. The summed E-state index contributed by atoms with van der Waals surface area (Å²) in [6.45, 7) is 3.68. The number of pyridine rings is 1. The summed E-state index contributed by atoms with van der Waals surface area (Å²) in [5.74, 6) is 0.917. The molecule has 1 saturated heterocycles. The second-order valence-electron chi connectivity index (χ2n) is 8.25. The Morgan fingerprint density at radius 3 is 2.57 bits per heavy atom. The zero-order chi connectivity index (χ0) is 20.3. The first kappa shape index (κ1) is 19.6. The highest BCUT2D eigenvalue weighted by atomic mass is 32.2. The highest BCUT2D eigenvalue weighted by molar-refractivity contribution is 7.98. The van der Waals surface area contributed by atoms with E-state index in [1.54, 1.807) is 11.8 Å². The quantitative estimate of drug-likeness (QED) is 0.576. The van der Waals surface area contributed by atoms with Gasteiger partial charge in [0.1, 0.15) is 5.65 Å². The SMILES string of the molecule is O=C(c1ccccc1SCc1cn2ccccc2n1)N1CCN(C2CCCC2)CC1. The first-order chi connectivity index (χ1) is 14.8. The molecule has 2 aliphatic rings. The van der Waals surface area contributed by atoms with Gasteiger partial charge in [0, 0.05) is 55.3 Å². The first-order valence-electron chi connectivity index (χ1n) is 11.0. The highest BCUT2D eigenvalue weighted by Gasteiger charge is 2.28. The van der Waals surface area contributed by atoms with E-state index in [1.807, 2.05) is 51.9 Å². The van der Waals surface area contributed by atoms with Crippen LogP contribution in [0.5, 0.6) is 0 Å². The smallest absolute Gasteiger partial charge is 0.255 e. The van der Waals surface area contributed by atoms with Crippen molar-refractivity contribution in [2.45, 2.75) is 42.4 Å². The second kappa shape index (κ2) is 8.82. The average molecular weight is 421 g/mol. The number of nitrogens with zero attached hydrogens (tertiary/aromatic N) is 4. The molecule has 0 atom stereocenters. The monoisotopic (exact) mass is 420 g/mol. The number of carbonyl (C=O) groups is 1. The Hall–Kier alpha value is -2.31. The van der Waals surface area contributed by atoms with Gasteiger partial charge in [-0.25, -0.2) is 4.98 Å². The van der Waals surface area contributed by atoms with Gasteiger partial charge in [-0.15, -0.1) is 11.8 Å². The topological polar surface area (TPSA) is 40.9 Å². The van der Waals surface area contributed by atoms with Gasteiger partial charge < -0.3 is 9.30 Å². The highest BCUT2D eigenvalue weighted by Crippen LogP contribution is 2.28. The van der Waals surface area contributed by atoms with Crippen LogP contribution in [0.1, 0.15) is 41.7 Å². The molecule has 0 unspecified atom stereocenters. The van der Waals surface area contributed by atoms with Crippen molar-refractivity contribution in [3.05, 3.63) is 66.1 Å². The predicted molar refractivity (Wildman–Crippen MR) is 121 cm³/mol. The Labute approximate surface area is 182 Å². The van der Waals surface area contributed by atoms with E-state index in [-0.39, 0.29) is 5.91 Å². The summed E-state index contributed by atoms with van der Waals surface area (Å²) in [7, 11) is 0. The number of hydrogen-bond acceptors (Lipinski definition) is 4. The van der Waals surface area contributed by atoms with E-state index in [9.17, 15) is 4.79 Å². The number of fused-ring (bicyclic) bond motifs is 1. The minimum atomic E-state index is 0.166. The number of hydrogen-bond donors (Lipinski definition) is 0. The molecule has 3 aromatic rings. The van der Waals surface area contributed by atoms with E-state index >= 15 is 0 Å². The van der Waals surface area contributed by atoms with Crippen LogP contribution < -0.4 is 0 Å². The summed E-state index contributed by atoms with van der Waals surface area (Å²) in [6.07, 6.45) is 9.46. The molecule has 5 rings (SSSR count). The molecule has 6 heteroatoms. The van der Waals surface area contributed by atoms with Crippen LogP contribution in [0.4, 0.5) is 0 Å². The molecule has 1 aromatic carbocycles. The van der Waals surface area contributed by atoms with Crippen LogP contribution >= 0.6 is 11.8 Å². The molecule has 0 radical (unpaired) electrons. The minimum absolute atomic E-state index is 0.166. The maximum absolute atomic E-state index is 13.3. The van der Waals surface area contributed by atoms with Crippen LogP contribution in [0.2, 0.25) is 0 Å². The van der Waals surface area contributed by atoms with Crippen molar-refractivity contribution in [2.24, 2.45) is 0 Å². The normalized spacial score (nSPS) is 18.3. The molecule has 0 N–H and O–H groups in total. The van der Waals surface area contributed by atoms with Gasteiger partial charge in [-0.1, -0.05) is 31.0 Å². The summed E-state index contributed by atoms with van der Waals surface area (Å²) < 4.78 is 2.04. The third-order valence-electron chi connectivity index (χ3n) is 6.35. The predicted octanol–water partition coefficient (Wildman–Crippen LogP) is 4.33. The third-order valence-corrected chi connectivity index (χ3v) is 7.46. The third kappa shape index (κ3) is 4.12. The lowest BCUT2D eigenvalue weighted by Crippen LogP contribution is -2.51. The number of thioether (sulfide) groups is 1. The molecule has 2 fully saturated rings. The van der Waals surface area contributed by atoms with Gasteiger partial charge in [-0.2, -0.15) is 0 Å². The average Bonchev–Trinajstić information content (AvgIpc) is 3.47. The van der Waals surface area contributed by atoms with Gasteiger partial charge in [0.2, 0.25) is 0 Å². The van der Waals surface area contributed by atoms with Gasteiger partial charge >= 0.3 is 0 Å². The molecule has 1 amide bonds. The van der Waals surface area contributed by atoms with E-state index in [0.29, 0.717) is 0 Å². The molecule has 0 spiro atoms. The molecule has 1 saturated carbocycles. The van der Waals surface area contributed by atoms with Crippen LogP contribution in [0.3, 0.4) is 0 Å². The van der Waals surface area contributed by atoms with Gasteiger partial charge in [0.15, 0.2) is 0 Å². The van der Waals surface area contributed by atoms with Crippen molar-refractivity contribution in [1.29, 1.82) is 0 Å². The Kier molecular flexibility index (Phi) is 5.77. The Bertz CT molecular complexity index is 986. The zero-order valence-corrected chi connectivity index (χ0v) is 18.1. The number of imidazole rings is 1. The van der Waals surface area contributed by atoms with Crippen molar-refractivity contribution in [3.63, 3.8) is 0 Å². The lowest BCUT2D eigenvalue weighted by Gasteiger charge is -2.38. The maximum atomic E-state index is 13.3. The van der Waals surface area contributed by atoms with E-state index in [2.05, 4.69) is 22.1 Å². The summed E-state index contributed by atoms with van der Waals surface area (Å²) in [6, 6.07) is 14.8. The second-order valence-corrected chi connectivity index (χ2v) is 9.27. The fraction of sp³-hybridized carbons (Fsp3) is 0.417. The van der Waals surface area contributed by atoms with Crippen molar-refractivity contribution >= 4 is 23.3 Å². The van der Waals surface area contributed by atoms with E-state index in [4.69, 9.17) is 0 Å². The van der Waals surface area contributed by atoms with Crippen LogP contribution in [-0.4, -0.2) is 57.3 Å². The largest absolute Gasteiger partial charge is 0.336 e. The van der Waals surface area contributed by atoms with E-state index in [1.165, 1.54) is 25.7 Å². The summed E-state index contributed by atoms with van der Waals surface area (Å²) in [4.78, 5) is 23.6. The Balaban J connectivity index is 1.24. The number of rotatable bonds is 5. The molecule has 1 aliphatic carbocycles. The molecular weight excluding hydrogens is 392 g/mol. The molecule has 0 bridgehead atoms. The zero-order valence-electron chi connectivity index (χ0n) is 17.2. The number of benzene rings is 1. The van der Waals surface area contributed by atoms with E-state index < -0.39 is 0 Å². The van der Waals surface area contributed by atoms with Crippen LogP contribution in [0, 0.1) is 0 Å². The molecule has 156 valence electrons. The fourth-order valence-electron chi connectivity index (χ4n) is 4.71. The Morgan fingerprint density at radius 1 is 1.00 bits per heavy atom. The van der Waals surface area contributed by atoms with Crippen molar-refractivity contribution in [1.82, 2.24) is 19.2 Å². The van der Waals surface area contributed by atoms with Gasteiger partial charge in [-0.05, 0) is 37.1 Å². The van der Waals surface area contributed by atoms with Gasteiger partial charge in [0.25, 0.3) is 5.91 Å². The summed E-state index contributed by atoms with van der Waals surface area (Å²) in [5.41, 5.74) is 2.80. The van der Waals surface area contributed by atoms with Crippen molar-refractivity contribution in [2.75, 3.05) is 26.2 Å². The van der Waals surface area contributed by atoms with Crippen molar-refractivity contribution in [3.8, 4) is 0 Å². The first-order valence-corrected chi connectivity index (χ1v) is 11.9. The van der Waals surface area contributed by atoms with Crippen LogP contribution in [-0.2, 0) is 5.75 Å². The van der Waals surface area contributed by atoms with E-state index in [0.717, 1.165) is 59.8 Å². The number of carbonyl (C=O) groups excluding carboxylic acids is 1. The molecule has 30 heavy (non-hydrogen) atoms. The molecule has 5 nitrogen and oxygen atoms in total.